The van der Waals surface area contributed by atoms with Gasteiger partial charge < -0.3 is 10.1 Å². The Hall–Kier alpha value is -0.570. The van der Waals surface area contributed by atoms with Crippen LogP contribution in [-0.4, -0.2) is 25.2 Å². The predicted molar refractivity (Wildman–Crippen MR) is 40.1 cm³/mol. The number of esters is 1. The highest BCUT2D eigenvalue weighted by molar-refractivity contribution is 5.76. The molecule has 0 aromatic carbocycles. The standard InChI is InChI=1S/C8H13NO2/c1-11-7(10)6-5-9-8(6)3-2-4-8/h6,9H,2-5H2,1H3. The number of rotatable bonds is 1. The van der Waals surface area contributed by atoms with E-state index >= 15 is 0 Å². The van der Waals surface area contributed by atoms with Gasteiger partial charge in [0.05, 0.1) is 13.0 Å². The maximum atomic E-state index is 11.1. The highest BCUT2D eigenvalue weighted by atomic mass is 16.5. The quantitative estimate of drug-likeness (QED) is 0.553. The molecule has 1 saturated heterocycles. The van der Waals surface area contributed by atoms with E-state index in [1.165, 1.54) is 13.5 Å². The van der Waals surface area contributed by atoms with Gasteiger partial charge in [-0.25, -0.2) is 0 Å². The Labute approximate surface area is 66.1 Å². The molecule has 2 rings (SSSR count). The van der Waals surface area contributed by atoms with Crippen molar-refractivity contribution in [1.29, 1.82) is 0 Å². The molecule has 0 radical (unpaired) electrons. The fourth-order valence-corrected chi connectivity index (χ4v) is 2.03. The van der Waals surface area contributed by atoms with Gasteiger partial charge in [0.25, 0.3) is 0 Å². The zero-order chi connectivity index (χ0) is 7.90. The normalized spacial score (nSPS) is 32.3. The van der Waals surface area contributed by atoms with Crippen LogP contribution in [0.2, 0.25) is 0 Å². The van der Waals surface area contributed by atoms with Crippen LogP contribution in [0, 0.1) is 5.92 Å². The van der Waals surface area contributed by atoms with Crippen LogP contribution in [0.15, 0.2) is 0 Å². The molecular formula is C8H13NO2. The third-order valence-corrected chi connectivity index (χ3v) is 3.06. The van der Waals surface area contributed by atoms with Gasteiger partial charge in [-0.05, 0) is 19.3 Å². The molecule has 0 bridgehead atoms. The second kappa shape index (κ2) is 2.21. The molecule has 1 saturated carbocycles. The van der Waals surface area contributed by atoms with Crippen LogP contribution in [0.25, 0.3) is 0 Å². The van der Waals surface area contributed by atoms with E-state index in [4.69, 9.17) is 4.74 Å². The van der Waals surface area contributed by atoms with E-state index in [1.807, 2.05) is 0 Å². The Morgan fingerprint density at radius 2 is 2.36 bits per heavy atom. The Bertz CT molecular complexity index is 181. The van der Waals surface area contributed by atoms with E-state index in [0.29, 0.717) is 0 Å². The maximum Gasteiger partial charge on any atom is 0.311 e. The van der Waals surface area contributed by atoms with Gasteiger partial charge in [0.2, 0.25) is 0 Å². The molecule has 0 amide bonds. The first-order chi connectivity index (χ1) is 5.28. The first kappa shape index (κ1) is 7.10. The lowest BCUT2D eigenvalue weighted by molar-refractivity contribution is -0.156. The van der Waals surface area contributed by atoms with Crippen LogP contribution in [-0.2, 0) is 9.53 Å². The van der Waals surface area contributed by atoms with Gasteiger partial charge in [0.1, 0.15) is 0 Å². The fraction of sp³-hybridized carbons (Fsp3) is 0.875. The maximum absolute atomic E-state index is 11.1. The van der Waals surface area contributed by atoms with E-state index < -0.39 is 0 Å². The molecule has 1 atom stereocenters. The van der Waals surface area contributed by atoms with Gasteiger partial charge in [-0.15, -0.1) is 0 Å². The SMILES string of the molecule is COC(=O)C1CNC12CCC2. The van der Waals surface area contributed by atoms with Crippen molar-refractivity contribution in [3.8, 4) is 0 Å². The Morgan fingerprint density at radius 1 is 1.64 bits per heavy atom. The van der Waals surface area contributed by atoms with Gasteiger partial charge in [0, 0.05) is 12.1 Å². The van der Waals surface area contributed by atoms with Crippen molar-refractivity contribution in [3.63, 3.8) is 0 Å². The lowest BCUT2D eigenvalue weighted by Crippen LogP contribution is -2.71. The van der Waals surface area contributed by atoms with E-state index in [1.54, 1.807) is 0 Å². The minimum absolute atomic E-state index is 0.0385. The van der Waals surface area contributed by atoms with Crippen LogP contribution >= 0.6 is 0 Å². The third kappa shape index (κ3) is 0.805. The lowest BCUT2D eigenvalue weighted by Gasteiger charge is -2.55. The zero-order valence-electron chi connectivity index (χ0n) is 6.72. The summed E-state index contributed by atoms with van der Waals surface area (Å²) in [5.74, 6) is 0.102. The molecule has 1 aliphatic heterocycles. The van der Waals surface area contributed by atoms with E-state index in [-0.39, 0.29) is 17.4 Å². The first-order valence-corrected chi connectivity index (χ1v) is 4.11. The van der Waals surface area contributed by atoms with Crippen molar-refractivity contribution in [3.05, 3.63) is 0 Å². The molecule has 3 heteroatoms. The predicted octanol–water partition coefficient (Wildman–Crippen LogP) is 0.301. The Kier molecular flexibility index (Phi) is 1.42. The summed E-state index contributed by atoms with van der Waals surface area (Å²) in [6.07, 6.45) is 3.54. The van der Waals surface area contributed by atoms with Gasteiger partial charge >= 0.3 is 5.97 Å². The summed E-state index contributed by atoms with van der Waals surface area (Å²) in [6.45, 7) is 0.812. The summed E-state index contributed by atoms with van der Waals surface area (Å²) in [5.41, 5.74) is 0.160. The third-order valence-electron chi connectivity index (χ3n) is 3.06. The second-order valence-corrected chi connectivity index (χ2v) is 3.47. The summed E-state index contributed by atoms with van der Waals surface area (Å²) in [6, 6.07) is 0. The van der Waals surface area contributed by atoms with E-state index in [9.17, 15) is 4.79 Å². The smallest absolute Gasteiger partial charge is 0.311 e. The van der Waals surface area contributed by atoms with Crippen molar-refractivity contribution >= 4 is 5.97 Å². The molecule has 0 aromatic heterocycles. The number of nitrogens with one attached hydrogen (secondary N) is 1. The average molecular weight is 155 g/mol. The molecule has 0 aromatic rings. The fourth-order valence-electron chi connectivity index (χ4n) is 2.03. The van der Waals surface area contributed by atoms with Crippen LogP contribution in [0.3, 0.4) is 0 Å². The van der Waals surface area contributed by atoms with Gasteiger partial charge in [0.15, 0.2) is 0 Å². The lowest BCUT2D eigenvalue weighted by atomic mass is 9.63. The number of carbonyl (C=O) groups excluding carboxylic acids is 1. The molecule has 1 unspecified atom stereocenters. The highest BCUT2D eigenvalue weighted by Gasteiger charge is 2.54. The van der Waals surface area contributed by atoms with Gasteiger partial charge in [-0.2, -0.15) is 0 Å². The molecule has 2 aliphatic rings. The van der Waals surface area contributed by atoms with Crippen molar-refractivity contribution in [2.75, 3.05) is 13.7 Å². The van der Waals surface area contributed by atoms with Gasteiger partial charge in [-0.3, -0.25) is 4.79 Å². The zero-order valence-corrected chi connectivity index (χ0v) is 6.72. The molecular weight excluding hydrogens is 142 g/mol. The minimum Gasteiger partial charge on any atom is -0.469 e. The molecule has 11 heavy (non-hydrogen) atoms. The monoisotopic (exact) mass is 155 g/mol. The number of carbonyl (C=O) groups is 1. The largest absolute Gasteiger partial charge is 0.469 e. The summed E-state index contributed by atoms with van der Waals surface area (Å²) >= 11 is 0. The molecule has 2 fully saturated rings. The van der Waals surface area contributed by atoms with Crippen molar-refractivity contribution in [1.82, 2.24) is 5.32 Å². The Morgan fingerprint density at radius 3 is 2.64 bits per heavy atom. The molecule has 1 spiro atoms. The number of hydrogen-bond acceptors (Lipinski definition) is 3. The van der Waals surface area contributed by atoms with Crippen LogP contribution in [0.1, 0.15) is 19.3 Å². The second-order valence-electron chi connectivity index (χ2n) is 3.47. The summed E-state index contributed by atoms with van der Waals surface area (Å²) in [4.78, 5) is 11.1. The summed E-state index contributed by atoms with van der Waals surface area (Å²) in [5, 5.41) is 3.32. The van der Waals surface area contributed by atoms with Crippen molar-refractivity contribution in [2.24, 2.45) is 5.92 Å². The topological polar surface area (TPSA) is 38.3 Å². The summed E-state index contributed by atoms with van der Waals surface area (Å²) < 4.78 is 4.71. The number of ether oxygens (including phenoxy) is 1. The van der Waals surface area contributed by atoms with Gasteiger partial charge in [-0.1, -0.05) is 0 Å². The molecule has 1 aliphatic carbocycles. The van der Waals surface area contributed by atoms with E-state index in [0.717, 1.165) is 19.4 Å². The first-order valence-electron chi connectivity index (χ1n) is 4.11. The number of hydrogen-bond donors (Lipinski definition) is 1. The van der Waals surface area contributed by atoms with E-state index in [2.05, 4.69) is 5.32 Å². The van der Waals surface area contributed by atoms with Crippen molar-refractivity contribution in [2.45, 2.75) is 24.8 Å². The average Bonchev–Trinajstić information content (AvgIpc) is 1.82. The molecule has 3 nitrogen and oxygen atoms in total. The molecule has 1 heterocycles. The Balaban J connectivity index is 2.00. The summed E-state index contributed by atoms with van der Waals surface area (Å²) in [7, 11) is 1.47. The van der Waals surface area contributed by atoms with Crippen LogP contribution < -0.4 is 5.32 Å². The number of methoxy groups -OCH3 is 1. The van der Waals surface area contributed by atoms with Crippen LogP contribution in [0.5, 0.6) is 0 Å². The molecule has 1 N–H and O–H groups in total. The minimum atomic E-state index is -0.0385. The molecule has 62 valence electrons. The highest BCUT2D eigenvalue weighted by Crippen LogP contribution is 2.44. The van der Waals surface area contributed by atoms with Crippen molar-refractivity contribution < 1.29 is 9.53 Å². The van der Waals surface area contributed by atoms with Crippen LogP contribution in [0.4, 0.5) is 0 Å².